The summed E-state index contributed by atoms with van der Waals surface area (Å²) in [4.78, 5) is 0. The molecule has 0 aliphatic rings. The Hall–Kier alpha value is -0.720. The van der Waals surface area contributed by atoms with Crippen LogP contribution in [0, 0.1) is 5.92 Å². The average molecular weight is 181 g/mol. The van der Waals surface area contributed by atoms with Crippen molar-refractivity contribution in [1.29, 1.82) is 0 Å². The van der Waals surface area contributed by atoms with E-state index in [4.69, 9.17) is 0 Å². The zero-order chi connectivity index (χ0) is 9.94. The summed E-state index contributed by atoms with van der Waals surface area (Å²) in [6.45, 7) is 4.58. The van der Waals surface area contributed by atoms with Gasteiger partial charge in [0, 0.05) is 7.05 Å². The van der Waals surface area contributed by atoms with Crippen LogP contribution in [-0.2, 0) is 0 Å². The highest BCUT2D eigenvalue weighted by Gasteiger charge is 1.95. The van der Waals surface area contributed by atoms with Gasteiger partial charge in [0.05, 0.1) is 0 Å². The van der Waals surface area contributed by atoms with E-state index in [2.05, 4.69) is 31.3 Å². The Morgan fingerprint density at radius 2 is 2.08 bits per heavy atom. The molecule has 13 heavy (non-hydrogen) atoms. The van der Waals surface area contributed by atoms with Crippen LogP contribution in [0.15, 0.2) is 24.4 Å². The summed E-state index contributed by atoms with van der Waals surface area (Å²) >= 11 is 0. The molecular formula is C12H23N. The van der Waals surface area contributed by atoms with Crippen molar-refractivity contribution in [1.82, 2.24) is 5.32 Å². The van der Waals surface area contributed by atoms with Crippen molar-refractivity contribution in [3.8, 4) is 0 Å². The minimum atomic E-state index is 0.890. The number of hydrogen-bond acceptors (Lipinski definition) is 1. The molecule has 1 unspecified atom stereocenters. The minimum absolute atomic E-state index is 0.890. The van der Waals surface area contributed by atoms with E-state index < -0.39 is 0 Å². The normalized spacial score (nSPS) is 14.1. The van der Waals surface area contributed by atoms with E-state index in [9.17, 15) is 0 Å². The first-order chi connectivity index (χ1) is 6.31. The standard InChI is InChI=1S/C12H23N/c1-4-12(2)10-8-6-5-7-9-11-13-3/h5,7,9,11-13H,4,6,8,10H2,1-3H3/b7-5-,11-9-. The van der Waals surface area contributed by atoms with Crippen molar-refractivity contribution >= 4 is 0 Å². The molecule has 0 aromatic rings. The van der Waals surface area contributed by atoms with E-state index in [1.807, 2.05) is 19.3 Å². The second-order valence-electron chi connectivity index (χ2n) is 3.52. The first-order valence-corrected chi connectivity index (χ1v) is 5.30. The molecule has 1 N–H and O–H groups in total. The molecule has 1 nitrogen and oxygen atoms in total. The maximum atomic E-state index is 2.95. The number of rotatable bonds is 7. The summed E-state index contributed by atoms with van der Waals surface area (Å²) in [5.41, 5.74) is 0. The highest BCUT2D eigenvalue weighted by atomic mass is 14.8. The van der Waals surface area contributed by atoms with Crippen molar-refractivity contribution in [2.75, 3.05) is 7.05 Å². The van der Waals surface area contributed by atoms with Gasteiger partial charge < -0.3 is 5.32 Å². The molecule has 0 spiro atoms. The lowest BCUT2D eigenvalue weighted by Crippen LogP contribution is -1.90. The van der Waals surface area contributed by atoms with Gasteiger partial charge in [0.25, 0.3) is 0 Å². The molecule has 1 atom stereocenters. The zero-order valence-electron chi connectivity index (χ0n) is 9.22. The van der Waals surface area contributed by atoms with Crippen LogP contribution >= 0.6 is 0 Å². The third-order valence-corrected chi connectivity index (χ3v) is 2.27. The molecule has 0 saturated carbocycles. The third kappa shape index (κ3) is 9.19. The Labute approximate surface area is 82.9 Å². The topological polar surface area (TPSA) is 12.0 Å². The van der Waals surface area contributed by atoms with Gasteiger partial charge >= 0.3 is 0 Å². The maximum Gasteiger partial charge on any atom is 0.00277 e. The van der Waals surface area contributed by atoms with Gasteiger partial charge in [0.1, 0.15) is 0 Å². The fraction of sp³-hybridized carbons (Fsp3) is 0.667. The highest BCUT2D eigenvalue weighted by molar-refractivity contribution is 5.00. The number of unbranched alkanes of at least 4 members (excludes halogenated alkanes) is 1. The van der Waals surface area contributed by atoms with Gasteiger partial charge in [-0.25, -0.2) is 0 Å². The van der Waals surface area contributed by atoms with Crippen molar-refractivity contribution in [3.05, 3.63) is 24.4 Å². The lowest BCUT2D eigenvalue weighted by Gasteiger charge is -2.05. The molecule has 0 heterocycles. The van der Waals surface area contributed by atoms with E-state index >= 15 is 0 Å². The summed E-state index contributed by atoms with van der Waals surface area (Å²) in [7, 11) is 1.91. The van der Waals surface area contributed by atoms with Crippen LogP contribution in [0.3, 0.4) is 0 Å². The van der Waals surface area contributed by atoms with Crippen molar-refractivity contribution < 1.29 is 0 Å². The van der Waals surface area contributed by atoms with Crippen LogP contribution in [-0.4, -0.2) is 7.05 Å². The van der Waals surface area contributed by atoms with Crippen molar-refractivity contribution in [2.45, 2.75) is 39.5 Å². The molecule has 76 valence electrons. The predicted octanol–water partition coefficient (Wildman–Crippen LogP) is 3.49. The molecule has 0 aliphatic carbocycles. The molecule has 0 fully saturated rings. The quantitative estimate of drug-likeness (QED) is 0.468. The summed E-state index contributed by atoms with van der Waals surface area (Å²) in [6.07, 6.45) is 13.5. The summed E-state index contributed by atoms with van der Waals surface area (Å²) in [5, 5.41) is 2.95. The Morgan fingerprint density at radius 3 is 2.69 bits per heavy atom. The second kappa shape index (κ2) is 9.37. The first kappa shape index (κ1) is 12.3. The lowest BCUT2D eigenvalue weighted by molar-refractivity contribution is 0.498. The van der Waals surface area contributed by atoms with E-state index in [1.54, 1.807) is 0 Å². The fourth-order valence-corrected chi connectivity index (χ4v) is 1.11. The number of hydrogen-bond donors (Lipinski definition) is 1. The zero-order valence-corrected chi connectivity index (χ0v) is 9.22. The Bertz CT molecular complexity index is 147. The number of nitrogens with one attached hydrogen (secondary N) is 1. The van der Waals surface area contributed by atoms with E-state index in [0.717, 1.165) is 5.92 Å². The first-order valence-electron chi connectivity index (χ1n) is 5.30. The van der Waals surface area contributed by atoms with Gasteiger partial charge in [0.15, 0.2) is 0 Å². The van der Waals surface area contributed by atoms with Gasteiger partial charge in [-0.1, -0.05) is 38.8 Å². The van der Waals surface area contributed by atoms with Gasteiger partial charge in [-0.15, -0.1) is 0 Å². The van der Waals surface area contributed by atoms with Crippen molar-refractivity contribution in [3.63, 3.8) is 0 Å². The third-order valence-electron chi connectivity index (χ3n) is 2.27. The van der Waals surface area contributed by atoms with Crippen LogP contribution in [0.1, 0.15) is 39.5 Å². The van der Waals surface area contributed by atoms with E-state index in [-0.39, 0.29) is 0 Å². The predicted molar refractivity (Wildman–Crippen MR) is 60.6 cm³/mol. The van der Waals surface area contributed by atoms with Crippen LogP contribution in [0.5, 0.6) is 0 Å². The molecule has 1 heteroatoms. The van der Waals surface area contributed by atoms with E-state index in [0.29, 0.717) is 0 Å². The van der Waals surface area contributed by atoms with Gasteiger partial charge in [0.2, 0.25) is 0 Å². The maximum absolute atomic E-state index is 2.95. The molecular weight excluding hydrogens is 158 g/mol. The monoisotopic (exact) mass is 181 g/mol. The van der Waals surface area contributed by atoms with Crippen molar-refractivity contribution in [2.24, 2.45) is 5.92 Å². The smallest absolute Gasteiger partial charge is 0.00277 e. The molecule has 0 rings (SSSR count). The molecule has 0 aromatic carbocycles. The molecule has 0 aliphatic heterocycles. The summed E-state index contributed by atoms with van der Waals surface area (Å²) in [5.74, 6) is 0.890. The lowest BCUT2D eigenvalue weighted by atomic mass is 10.0. The summed E-state index contributed by atoms with van der Waals surface area (Å²) < 4.78 is 0. The molecule has 0 bridgehead atoms. The Balaban J connectivity index is 3.24. The summed E-state index contributed by atoms with van der Waals surface area (Å²) in [6, 6.07) is 0. The molecule has 0 radical (unpaired) electrons. The molecule has 0 saturated heterocycles. The fourth-order valence-electron chi connectivity index (χ4n) is 1.11. The number of allylic oxidation sites excluding steroid dienone is 3. The molecule has 0 amide bonds. The highest BCUT2D eigenvalue weighted by Crippen LogP contribution is 2.10. The second-order valence-corrected chi connectivity index (χ2v) is 3.52. The van der Waals surface area contributed by atoms with Crippen LogP contribution in [0.4, 0.5) is 0 Å². The average Bonchev–Trinajstić information content (AvgIpc) is 2.16. The van der Waals surface area contributed by atoms with Gasteiger partial charge in [-0.3, -0.25) is 0 Å². The van der Waals surface area contributed by atoms with Gasteiger partial charge in [-0.2, -0.15) is 0 Å². The Kier molecular flexibility index (Phi) is 8.85. The van der Waals surface area contributed by atoms with Crippen LogP contribution in [0.2, 0.25) is 0 Å². The SMILES string of the molecule is CCC(C)CCC/C=C\C=C/NC. The molecule has 0 aromatic heterocycles. The Morgan fingerprint density at radius 1 is 1.31 bits per heavy atom. The van der Waals surface area contributed by atoms with Crippen LogP contribution < -0.4 is 5.32 Å². The van der Waals surface area contributed by atoms with Gasteiger partial charge in [-0.05, 0) is 31.0 Å². The minimum Gasteiger partial charge on any atom is -0.394 e. The van der Waals surface area contributed by atoms with E-state index in [1.165, 1.54) is 25.7 Å². The largest absolute Gasteiger partial charge is 0.394 e. The van der Waals surface area contributed by atoms with Crippen LogP contribution in [0.25, 0.3) is 0 Å².